The third kappa shape index (κ3) is 7.11. The number of carbonyl (C=O) groups is 1. The van der Waals surface area contributed by atoms with Gasteiger partial charge in [0.2, 0.25) is 17.6 Å². The first-order chi connectivity index (χ1) is 10.8. The van der Waals surface area contributed by atoms with Gasteiger partial charge in [0.1, 0.15) is 0 Å². The van der Waals surface area contributed by atoms with E-state index in [-0.39, 0.29) is 18.3 Å². The van der Waals surface area contributed by atoms with E-state index in [9.17, 15) is 4.79 Å². The highest BCUT2D eigenvalue weighted by atomic mass is 35.5. The molecule has 0 saturated carbocycles. The molecule has 0 atom stereocenters. The van der Waals surface area contributed by atoms with Gasteiger partial charge in [0.25, 0.3) is 0 Å². The van der Waals surface area contributed by atoms with Crippen molar-refractivity contribution in [2.75, 3.05) is 19.6 Å². The monoisotopic (exact) mass is 358 g/mol. The lowest BCUT2D eigenvalue weighted by molar-refractivity contribution is -0.121. The fraction of sp³-hybridized carbons (Fsp3) is 0.533. The summed E-state index contributed by atoms with van der Waals surface area (Å²) in [5.41, 5.74) is 0. The Balaban J connectivity index is 0.00000264. The molecule has 1 amide bonds. The SMILES string of the molecule is CCCNCCNC(=O)CCCc1nc(-c2cccs2)no1.Cl. The van der Waals surface area contributed by atoms with Crippen LogP contribution in [0.5, 0.6) is 0 Å². The van der Waals surface area contributed by atoms with Crippen LogP contribution in [0, 0.1) is 0 Å². The maximum absolute atomic E-state index is 11.7. The van der Waals surface area contributed by atoms with E-state index < -0.39 is 0 Å². The first kappa shape index (κ1) is 19.6. The van der Waals surface area contributed by atoms with Crippen LogP contribution >= 0.6 is 23.7 Å². The molecule has 0 aromatic carbocycles. The second-order valence-electron chi connectivity index (χ2n) is 4.94. The number of carbonyl (C=O) groups excluding carboxylic acids is 1. The molecule has 0 bridgehead atoms. The van der Waals surface area contributed by atoms with Gasteiger partial charge in [0, 0.05) is 25.9 Å². The van der Waals surface area contributed by atoms with Crippen molar-refractivity contribution in [2.24, 2.45) is 0 Å². The highest BCUT2D eigenvalue weighted by Crippen LogP contribution is 2.21. The second-order valence-corrected chi connectivity index (χ2v) is 5.89. The Morgan fingerprint density at radius 3 is 2.96 bits per heavy atom. The van der Waals surface area contributed by atoms with E-state index in [1.807, 2.05) is 17.5 Å². The molecule has 0 saturated heterocycles. The molecular formula is C15H23ClN4O2S. The Morgan fingerprint density at radius 1 is 1.35 bits per heavy atom. The van der Waals surface area contributed by atoms with Gasteiger partial charge < -0.3 is 15.2 Å². The zero-order valence-electron chi connectivity index (χ0n) is 13.2. The van der Waals surface area contributed by atoms with Crippen LogP contribution in [0.2, 0.25) is 0 Å². The van der Waals surface area contributed by atoms with E-state index in [0.717, 1.165) is 24.4 Å². The number of amides is 1. The topological polar surface area (TPSA) is 80.0 Å². The van der Waals surface area contributed by atoms with E-state index >= 15 is 0 Å². The van der Waals surface area contributed by atoms with Gasteiger partial charge in [-0.05, 0) is 30.8 Å². The largest absolute Gasteiger partial charge is 0.355 e. The van der Waals surface area contributed by atoms with Crippen molar-refractivity contribution >= 4 is 29.7 Å². The average molecular weight is 359 g/mol. The van der Waals surface area contributed by atoms with Crippen LogP contribution < -0.4 is 10.6 Å². The molecule has 0 aliphatic heterocycles. The molecule has 0 aliphatic carbocycles. The lowest BCUT2D eigenvalue weighted by atomic mass is 10.2. The molecule has 128 valence electrons. The van der Waals surface area contributed by atoms with Crippen molar-refractivity contribution in [3.05, 3.63) is 23.4 Å². The minimum Gasteiger partial charge on any atom is -0.355 e. The quantitative estimate of drug-likeness (QED) is 0.638. The van der Waals surface area contributed by atoms with Gasteiger partial charge in [0.15, 0.2) is 0 Å². The minimum atomic E-state index is 0. The molecule has 2 rings (SSSR count). The van der Waals surface area contributed by atoms with E-state index in [4.69, 9.17) is 4.52 Å². The van der Waals surface area contributed by atoms with E-state index in [1.165, 1.54) is 0 Å². The second kappa shape index (κ2) is 11.2. The fourth-order valence-corrected chi connectivity index (χ4v) is 2.59. The van der Waals surface area contributed by atoms with Crippen LogP contribution in [0.25, 0.3) is 10.7 Å². The normalized spacial score (nSPS) is 10.3. The van der Waals surface area contributed by atoms with Gasteiger partial charge in [-0.2, -0.15) is 4.98 Å². The average Bonchev–Trinajstić information content (AvgIpc) is 3.18. The fourth-order valence-electron chi connectivity index (χ4n) is 1.94. The van der Waals surface area contributed by atoms with Gasteiger partial charge in [-0.1, -0.05) is 18.1 Å². The van der Waals surface area contributed by atoms with Gasteiger partial charge in [0.05, 0.1) is 4.88 Å². The summed E-state index contributed by atoms with van der Waals surface area (Å²) in [7, 11) is 0. The molecule has 2 heterocycles. The Bertz CT molecular complexity index is 560. The predicted octanol–water partition coefficient (Wildman–Crippen LogP) is 2.66. The molecule has 0 unspecified atom stereocenters. The molecule has 0 spiro atoms. The summed E-state index contributed by atoms with van der Waals surface area (Å²) in [4.78, 5) is 17.0. The van der Waals surface area contributed by atoms with E-state index in [0.29, 0.717) is 37.5 Å². The molecule has 0 radical (unpaired) electrons. The summed E-state index contributed by atoms with van der Waals surface area (Å²) in [5, 5.41) is 12.1. The number of nitrogens with one attached hydrogen (secondary N) is 2. The van der Waals surface area contributed by atoms with Crippen molar-refractivity contribution in [3.8, 4) is 10.7 Å². The number of aryl methyl sites for hydroxylation is 1. The van der Waals surface area contributed by atoms with Gasteiger partial charge >= 0.3 is 0 Å². The number of hydrogen-bond acceptors (Lipinski definition) is 6. The zero-order valence-corrected chi connectivity index (χ0v) is 14.8. The Morgan fingerprint density at radius 2 is 2.22 bits per heavy atom. The van der Waals surface area contributed by atoms with Crippen LogP contribution in [0.1, 0.15) is 32.1 Å². The number of rotatable bonds is 10. The summed E-state index contributed by atoms with van der Waals surface area (Å²) in [6.45, 7) is 4.59. The molecule has 2 aromatic heterocycles. The highest BCUT2D eigenvalue weighted by molar-refractivity contribution is 7.13. The Labute approximate surface area is 146 Å². The molecule has 2 aromatic rings. The summed E-state index contributed by atoms with van der Waals surface area (Å²) in [6.07, 6.45) is 2.91. The first-order valence-electron chi connectivity index (χ1n) is 7.63. The van der Waals surface area contributed by atoms with Crippen molar-refractivity contribution in [1.29, 1.82) is 0 Å². The molecular weight excluding hydrogens is 336 g/mol. The zero-order chi connectivity index (χ0) is 15.6. The number of hydrogen-bond donors (Lipinski definition) is 2. The lowest BCUT2D eigenvalue weighted by Crippen LogP contribution is -2.31. The minimum absolute atomic E-state index is 0. The van der Waals surface area contributed by atoms with Crippen molar-refractivity contribution in [3.63, 3.8) is 0 Å². The third-order valence-electron chi connectivity index (χ3n) is 3.05. The standard InChI is InChI=1S/C15H22N4O2S.ClH/c1-2-8-16-9-10-17-13(20)6-3-7-14-18-15(19-21-14)12-5-4-11-22-12;/h4-5,11,16H,2-3,6-10H2,1H3,(H,17,20);1H. The van der Waals surface area contributed by atoms with Gasteiger partial charge in [-0.3, -0.25) is 4.79 Å². The maximum atomic E-state index is 11.7. The number of nitrogens with zero attached hydrogens (tertiary/aromatic N) is 2. The van der Waals surface area contributed by atoms with Gasteiger partial charge in [-0.25, -0.2) is 0 Å². The van der Waals surface area contributed by atoms with Crippen molar-refractivity contribution in [2.45, 2.75) is 32.6 Å². The molecule has 6 nitrogen and oxygen atoms in total. The van der Waals surface area contributed by atoms with E-state index in [1.54, 1.807) is 11.3 Å². The van der Waals surface area contributed by atoms with Crippen molar-refractivity contribution in [1.82, 2.24) is 20.8 Å². The molecule has 0 fully saturated rings. The molecule has 8 heteroatoms. The molecule has 2 N–H and O–H groups in total. The van der Waals surface area contributed by atoms with Crippen LogP contribution in [0.4, 0.5) is 0 Å². The number of thiophene rings is 1. The third-order valence-corrected chi connectivity index (χ3v) is 3.92. The highest BCUT2D eigenvalue weighted by Gasteiger charge is 2.09. The predicted molar refractivity (Wildman–Crippen MR) is 94.0 cm³/mol. The Hall–Kier alpha value is -1.44. The van der Waals surface area contributed by atoms with Crippen LogP contribution in [0.3, 0.4) is 0 Å². The van der Waals surface area contributed by atoms with E-state index in [2.05, 4.69) is 27.7 Å². The Kier molecular flexibility index (Phi) is 9.51. The summed E-state index contributed by atoms with van der Waals surface area (Å²) >= 11 is 1.58. The van der Waals surface area contributed by atoms with Crippen LogP contribution in [0.15, 0.2) is 22.0 Å². The molecule has 0 aliphatic rings. The maximum Gasteiger partial charge on any atom is 0.226 e. The van der Waals surface area contributed by atoms with Crippen molar-refractivity contribution < 1.29 is 9.32 Å². The number of halogens is 1. The smallest absolute Gasteiger partial charge is 0.226 e. The first-order valence-corrected chi connectivity index (χ1v) is 8.51. The number of aromatic nitrogens is 2. The lowest BCUT2D eigenvalue weighted by Gasteiger charge is -2.05. The summed E-state index contributed by atoms with van der Waals surface area (Å²) in [5.74, 6) is 1.27. The summed E-state index contributed by atoms with van der Waals surface area (Å²) in [6, 6.07) is 3.91. The summed E-state index contributed by atoms with van der Waals surface area (Å²) < 4.78 is 5.20. The molecule has 23 heavy (non-hydrogen) atoms. The van der Waals surface area contributed by atoms with Crippen LogP contribution in [-0.4, -0.2) is 35.7 Å². The van der Waals surface area contributed by atoms with Gasteiger partial charge in [-0.15, -0.1) is 23.7 Å². The van der Waals surface area contributed by atoms with Crippen LogP contribution in [-0.2, 0) is 11.2 Å².